The fourth-order valence-electron chi connectivity index (χ4n) is 2.50. The van der Waals surface area contributed by atoms with Crippen LogP contribution in [0.2, 0.25) is 0 Å². The molecular formula is C21H20N4O3. The molecule has 3 rings (SSSR count). The van der Waals surface area contributed by atoms with Crippen LogP contribution in [0.4, 0.5) is 11.8 Å². The molecule has 0 aliphatic heterocycles. The van der Waals surface area contributed by atoms with E-state index in [1.165, 1.54) is 13.2 Å². The monoisotopic (exact) mass is 376 g/mol. The molecule has 0 aliphatic carbocycles. The lowest BCUT2D eigenvalue weighted by atomic mass is 10.1. The topological polar surface area (TPSA) is 93.2 Å². The number of ether oxygens (including phenoxy) is 1. The number of nitrogens with one attached hydrogen (secondary N) is 2. The molecule has 0 radical (unpaired) electrons. The summed E-state index contributed by atoms with van der Waals surface area (Å²) >= 11 is 0. The van der Waals surface area contributed by atoms with Crippen molar-refractivity contribution in [3.05, 3.63) is 76.9 Å². The zero-order valence-electron chi connectivity index (χ0n) is 15.8. The highest BCUT2D eigenvalue weighted by atomic mass is 16.5. The van der Waals surface area contributed by atoms with Gasteiger partial charge in [0.05, 0.1) is 7.11 Å². The van der Waals surface area contributed by atoms with Gasteiger partial charge in [0.15, 0.2) is 0 Å². The summed E-state index contributed by atoms with van der Waals surface area (Å²) in [5.74, 6) is -0.208. The molecule has 2 aromatic carbocycles. The second-order valence-corrected chi connectivity index (χ2v) is 6.26. The van der Waals surface area contributed by atoms with E-state index in [0.717, 1.165) is 11.1 Å². The first kappa shape index (κ1) is 19.0. The summed E-state index contributed by atoms with van der Waals surface area (Å²) in [6.07, 6.45) is 0. The summed E-state index contributed by atoms with van der Waals surface area (Å²) < 4.78 is 5.15. The largest absolute Gasteiger partial charge is 0.481 e. The highest BCUT2D eigenvalue weighted by Crippen LogP contribution is 2.18. The van der Waals surface area contributed by atoms with Crippen molar-refractivity contribution in [2.24, 2.45) is 0 Å². The van der Waals surface area contributed by atoms with Gasteiger partial charge in [-0.2, -0.15) is 9.97 Å². The van der Waals surface area contributed by atoms with Gasteiger partial charge in [-0.1, -0.05) is 35.4 Å². The highest BCUT2D eigenvalue weighted by molar-refractivity contribution is 6.05. The predicted molar refractivity (Wildman–Crippen MR) is 107 cm³/mol. The maximum Gasteiger partial charge on any atom is 0.258 e. The van der Waals surface area contributed by atoms with E-state index in [9.17, 15) is 9.59 Å². The Kier molecular flexibility index (Phi) is 5.64. The normalized spacial score (nSPS) is 10.2. The molecule has 0 aliphatic rings. The van der Waals surface area contributed by atoms with Crippen molar-refractivity contribution in [2.45, 2.75) is 13.8 Å². The number of methoxy groups -OCH3 is 1. The van der Waals surface area contributed by atoms with Gasteiger partial charge in [-0.05, 0) is 38.1 Å². The Balaban J connectivity index is 1.80. The Bertz CT molecular complexity index is 1020. The van der Waals surface area contributed by atoms with E-state index in [4.69, 9.17) is 4.74 Å². The Morgan fingerprint density at radius 3 is 2.21 bits per heavy atom. The van der Waals surface area contributed by atoms with E-state index in [1.807, 2.05) is 32.0 Å². The summed E-state index contributed by atoms with van der Waals surface area (Å²) in [5.41, 5.74) is 3.00. The molecule has 142 valence electrons. The molecule has 7 nitrogen and oxygen atoms in total. The van der Waals surface area contributed by atoms with Crippen molar-refractivity contribution < 1.29 is 14.3 Å². The van der Waals surface area contributed by atoms with E-state index in [1.54, 1.807) is 30.3 Å². The zero-order valence-corrected chi connectivity index (χ0v) is 15.8. The summed E-state index contributed by atoms with van der Waals surface area (Å²) in [5, 5.41) is 5.32. The molecule has 0 fully saturated rings. The van der Waals surface area contributed by atoms with Gasteiger partial charge in [0.25, 0.3) is 11.8 Å². The lowest BCUT2D eigenvalue weighted by Gasteiger charge is -2.10. The molecule has 2 N–H and O–H groups in total. The Labute approximate surface area is 162 Å². The number of carbonyl (C=O) groups excluding carboxylic acids is 2. The number of aromatic nitrogens is 2. The van der Waals surface area contributed by atoms with Crippen molar-refractivity contribution in [1.82, 2.24) is 9.97 Å². The average Bonchev–Trinajstić information content (AvgIpc) is 2.68. The maximum absolute atomic E-state index is 12.5. The molecule has 28 heavy (non-hydrogen) atoms. The third-order valence-electron chi connectivity index (χ3n) is 3.97. The quantitative estimate of drug-likeness (QED) is 0.710. The number of aryl methyl sites for hydroxylation is 2. The molecule has 0 atom stereocenters. The Hall–Kier alpha value is -3.74. The van der Waals surface area contributed by atoms with Gasteiger partial charge >= 0.3 is 0 Å². The second-order valence-electron chi connectivity index (χ2n) is 6.26. The molecule has 0 spiro atoms. The van der Waals surface area contributed by atoms with Gasteiger partial charge in [0.2, 0.25) is 11.8 Å². The van der Waals surface area contributed by atoms with Crippen molar-refractivity contribution in [1.29, 1.82) is 0 Å². The Morgan fingerprint density at radius 2 is 1.54 bits per heavy atom. The summed E-state index contributed by atoms with van der Waals surface area (Å²) in [6.45, 7) is 3.85. The van der Waals surface area contributed by atoms with Crippen LogP contribution in [0.15, 0.2) is 54.6 Å². The average molecular weight is 376 g/mol. The van der Waals surface area contributed by atoms with Crippen molar-refractivity contribution >= 4 is 23.6 Å². The second kappa shape index (κ2) is 8.30. The first-order chi connectivity index (χ1) is 13.4. The number of hydrogen-bond acceptors (Lipinski definition) is 5. The van der Waals surface area contributed by atoms with Gasteiger partial charge < -0.3 is 10.1 Å². The fourth-order valence-corrected chi connectivity index (χ4v) is 2.50. The molecule has 0 unspecified atom stereocenters. The minimum atomic E-state index is -0.357. The summed E-state index contributed by atoms with van der Waals surface area (Å²) in [4.78, 5) is 33.2. The number of amides is 2. The lowest BCUT2D eigenvalue weighted by Crippen LogP contribution is -2.17. The number of rotatable bonds is 5. The lowest BCUT2D eigenvalue weighted by molar-refractivity contribution is 0.101. The van der Waals surface area contributed by atoms with E-state index in [2.05, 4.69) is 20.6 Å². The molecule has 0 bridgehead atoms. The number of benzene rings is 2. The van der Waals surface area contributed by atoms with Crippen LogP contribution in [0.5, 0.6) is 5.88 Å². The number of anilines is 2. The minimum Gasteiger partial charge on any atom is -0.481 e. The van der Waals surface area contributed by atoms with Crippen molar-refractivity contribution in [3.8, 4) is 5.88 Å². The van der Waals surface area contributed by atoms with Gasteiger partial charge in [-0.25, -0.2) is 0 Å². The van der Waals surface area contributed by atoms with Crippen LogP contribution in [0, 0.1) is 13.8 Å². The smallest absolute Gasteiger partial charge is 0.258 e. The molecule has 7 heteroatoms. The predicted octanol–water partition coefficient (Wildman–Crippen LogP) is 3.61. The van der Waals surface area contributed by atoms with E-state index in [0.29, 0.717) is 11.1 Å². The standard InChI is InChI=1S/C21H20N4O3/c1-13-7-9-15(10-8-13)19(26)25-21-23-17(12-18(24-21)28-3)22-20(27)16-6-4-5-14(2)11-16/h4-12H,1-3H3,(H2,22,23,24,25,26,27). The van der Waals surface area contributed by atoms with Gasteiger partial charge in [0, 0.05) is 17.2 Å². The third-order valence-corrected chi connectivity index (χ3v) is 3.97. The molecule has 0 saturated carbocycles. The Morgan fingerprint density at radius 1 is 0.821 bits per heavy atom. The molecule has 0 saturated heterocycles. The van der Waals surface area contributed by atoms with Crippen LogP contribution in [0.25, 0.3) is 0 Å². The number of hydrogen-bond donors (Lipinski definition) is 2. The van der Waals surface area contributed by atoms with Crippen molar-refractivity contribution in [2.75, 3.05) is 17.7 Å². The minimum absolute atomic E-state index is 0.0319. The molecule has 3 aromatic rings. The van der Waals surface area contributed by atoms with Gasteiger partial charge in [-0.3, -0.25) is 14.9 Å². The molecule has 1 heterocycles. The van der Waals surface area contributed by atoms with Gasteiger partial charge in [0.1, 0.15) is 5.82 Å². The summed E-state index contributed by atoms with van der Waals surface area (Å²) in [6, 6.07) is 15.8. The van der Waals surface area contributed by atoms with Gasteiger partial charge in [-0.15, -0.1) is 0 Å². The van der Waals surface area contributed by atoms with Crippen LogP contribution in [0.3, 0.4) is 0 Å². The van der Waals surface area contributed by atoms with E-state index < -0.39 is 0 Å². The van der Waals surface area contributed by atoms with Crippen LogP contribution in [0.1, 0.15) is 31.8 Å². The first-order valence-electron chi connectivity index (χ1n) is 8.64. The first-order valence-corrected chi connectivity index (χ1v) is 8.64. The molecule has 1 aromatic heterocycles. The van der Waals surface area contributed by atoms with Crippen LogP contribution in [-0.2, 0) is 0 Å². The SMILES string of the molecule is COc1cc(NC(=O)c2cccc(C)c2)nc(NC(=O)c2ccc(C)cc2)n1. The number of carbonyl (C=O) groups is 2. The number of nitrogens with zero attached hydrogens (tertiary/aromatic N) is 2. The van der Waals surface area contributed by atoms with Crippen LogP contribution < -0.4 is 15.4 Å². The third kappa shape index (κ3) is 4.70. The van der Waals surface area contributed by atoms with Crippen molar-refractivity contribution in [3.63, 3.8) is 0 Å². The zero-order chi connectivity index (χ0) is 20.1. The van der Waals surface area contributed by atoms with E-state index in [-0.39, 0.29) is 29.5 Å². The fraction of sp³-hybridized carbons (Fsp3) is 0.143. The maximum atomic E-state index is 12.5. The molecule has 2 amide bonds. The molecular weight excluding hydrogens is 356 g/mol. The summed E-state index contributed by atoms with van der Waals surface area (Å²) in [7, 11) is 1.44. The van der Waals surface area contributed by atoms with E-state index >= 15 is 0 Å². The highest BCUT2D eigenvalue weighted by Gasteiger charge is 2.13. The van der Waals surface area contributed by atoms with Crippen LogP contribution >= 0.6 is 0 Å². The van der Waals surface area contributed by atoms with Crippen LogP contribution in [-0.4, -0.2) is 28.9 Å².